The normalized spacial score (nSPS) is 14.0. The fourth-order valence-corrected chi connectivity index (χ4v) is 4.44. The van der Waals surface area contributed by atoms with Crippen LogP contribution in [0.15, 0.2) is 29.3 Å². The maximum atomic E-state index is 11.8. The molecule has 200 valence electrons. The van der Waals surface area contributed by atoms with Gasteiger partial charge in [0.15, 0.2) is 5.65 Å². The van der Waals surface area contributed by atoms with E-state index >= 15 is 0 Å². The minimum absolute atomic E-state index is 0.394. The highest BCUT2D eigenvalue weighted by Gasteiger charge is 2.17. The number of thioether (sulfide) groups is 1. The molecule has 4 N–H and O–H groups in total. The molecule has 0 bridgehead atoms. The molecule has 3 heterocycles. The zero-order valence-corrected chi connectivity index (χ0v) is 22.7. The summed E-state index contributed by atoms with van der Waals surface area (Å²) in [6.07, 6.45) is 3.24. The molecule has 0 atom stereocenters. The number of morpholine rings is 1. The number of rotatable bonds is 10. The first-order valence-corrected chi connectivity index (χ1v) is 13.8. The van der Waals surface area contributed by atoms with Crippen LogP contribution in [0.3, 0.4) is 0 Å². The van der Waals surface area contributed by atoms with Crippen molar-refractivity contribution in [2.45, 2.75) is 44.2 Å². The molecular formula is C25H36N8O3S. The molecule has 1 aliphatic heterocycles. The summed E-state index contributed by atoms with van der Waals surface area (Å²) < 4.78 is 10.7. The number of ether oxygens (including phenoxy) is 2. The number of carbonyl (C=O) groups excluding carboxylic acids is 1. The maximum absolute atomic E-state index is 11.8. The lowest BCUT2D eigenvalue weighted by Gasteiger charge is -2.28. The third-order valence-electron chi connectivity index (χ3n) is 5.64. The lowest BCUT2D eigenvalue weighted by atomic mass is 10.2. The summed E-state index contributed by atoms with van der Waals surface area (Å²) in [7, 11) is 0. The second kappa shape index (κ2) is 12.3. The van der Waals surface area contributed by atoms with Crippen LogP contribution in [0, 0.1) is 0 Å². The Morgan fingerprint density at radius 1 is 1.14 bits per heavy atom. The summed E-state index contributed by atoms with van der Waals surface area (Å²) in [4.78, 5) is 23.5. The molecule has 2 aromatic heterocycles. The smallest absolute Gasteiger partial charge is 0.407 e. The van der Waals surface area contributed by atoms with E-state index in [-0.39, 0.29) is 0 Å². The van der Waals surface area contributed by atoms with E-state index in [1.54, 1.807) is 11.8 Å². The number of hydrogen-bond donors (Lipinski definition) is 4. The van der Waals surface area contributed by atoms with Gasteiger partial charge in [0.1, 0.15) is 16.4 Å². The number of alkyl carbamates (subject to hydrolysis) is 1. The second-order valence-electron chi connectivity index (χ2n) is 9.69. The summed E-state index contributed by atoms with van der Waals surface area (Å²) in [6.45, 7) is 10.1. The average Bonchev–Trinajstić information content (AvgIpc) is 3.29. The molecule has 1 fully saturated rings. The number of nitrogens with one attached hydrogen (secondary N) is 4. The first-order chi connectivity index (χ1) is 17.8. The van der Waals surface area contributed by atoms with Crippen LogP contribution in [-0.4, -0.2) is 77.5 Å². The SMILES string of the molecule is CSc1n[nH]c2nc(Nc3ccc(N4CCOCC4)cc3)nc(NCCCCNC(=O)OC(C)(C)C)c12. The number of benzene rings is 1. The Labute approximate surface area is 221 Å². The van der Waals surface area contributed by atoms with Crippen LogP contribution in [0.1, 0.15) is 33.6 Å². The van der Waals surface area contributed by atoms with Crippen LogP contribution < -0.4 is 20.9 Å². The van der Waals surface area contributed by atoms with Gasteiger partial charge >= 0.3 is 6.09 Å². The third-order valence-corrected chi connectivity index (χ3v) is 6.33. The molecule has 37 heavy (non-hydrogen) atoms. The summed E-state index contributed by atoms with van der Waals surface area (Å²) in [6, 6.07) is 8.25. The van der Waals surface area contributed by atoms with Crippen molar-refractivity contribution in [2.24, 2.45) is 0 Å². The Kier molecular flexibility index (Phi) is 8.93. The van der Waals surface area contributed by atoms with Crippen LogP contribution in [0.5, 0.6) is 0 Å². The van der Waals surface area contributed by atoms with Crippen LogP contribution in [0.25, 0.3) is 11.0 Å². The fraction of sp³-hybridized carbons (Fsp3) is 0.520. The van der Waals surface area contributed by atoms with Crippen LogP contribution in [0.2, 0.25) is 0 Å². The van der Waals surface area contributed by atoms with Gasteiger partial charge in [-0.1, -0.05) is 0 Å². The van der Waals surface area contributed by atoms with Gasteiger partial charge in [-0.15, -0.1) is 11.8 Å². The van der Waals surface area contributed by atoms with Gasteiger partial charge in [-0.25, -0.2) is 4.79 Å². The average molecular weight is 529 g/mol. The lowest BCUT2D eigenvalue weighted by molar-refractivity contribution is 0.0527. The highest BCUT2D eigenvalue weighted by atomic mass is 32.2. The molecule has 3 aromatic rings. The van der Waals surface area contributed by atoms with E-state index in [4.69, 9.17) is 14.5 Å². The molecule has 1 amide bonds. The van der Waals surface area contributed by atoms with Crippen molar-refractivity contribution in [1.29, 1.82) is 0 Å². The quantitative estimate of drug-likeness (QED) is 0.222. The number of amides is 1. The summed E-state index contributed by atoms with van der Waals surface area (Å²) >= 11 is 1.54. The molecule has 0 unspecified atom stereocenters. The molecule has 1 saturated heterocycles. The van der Waals surface area contributed by atoms with E-state index in [1.807, 2.05) is 39.2 Å². The Morgan fingerprint density at radius 2 is 1.86 bits per heavy atom. The number of anilines is 4. The molecule has 0 aliphatic carbocycles. The summed E-state index contributed by atoms with van der Waals surface area (Å²) in [5.41, 5.74) is 2.24. The van der Waals surface area contributed by atoms with Crippen LogP contribution >= 0.6 is 11.8 Å². The van der Waals surface area contributed by atoms with E-state index < -0.39 is 11.7 Å². The van der Waals surface area contributed by atoms with Crippen molar-refractivity contribution in [1.82, 2.24) is 25.5 Å². The van der Waals surface area contributed by atoms with Gasteiger partial charge in [-0.3, -0.25) is 5.10 Å². The predicted molar refractivity (Wildman–Crippen MR) is 148 cm³/mol. The van der Waals surface area contributed by atoms with Gasteiger partial charge in [0, 0.05) is 37.6 Å². The van der Waals surface area contributed by atoms with Gasteiger partial charge in [-0.2, -0.15) is 15.1 Å². The van der Waals surface area contributed by atoms with Crippen LogP contribution in [-0.2, 0) is 9.47 Å². The van der Waals surface area contributed by atoms with Crippen molar-refractivity contribution in [3.8, 4) is 0 Å². The molecule has 1 aliphatic rings. The monoisotopic (exact) mass is 528 g/mol. The third kappa shape index (κ3) is 7.62. The molecule has 0 spiro atoms. The largest absolute Gasteiger partial charge is 0.444 e. The Bertz CT molecular complexity index is 1170. The van der Waals surface area contributed by atoms with Crippen molar-refractivity contribution < 1.29 is 14.3 Å². The van der Waals surface area contributed by atoms with Crippen molar-refractivity contribution in [3.63, 3.8) is 0 Å². The van der Waals surface area contributed by atoms with E-state index in [9.17, 15) is 4.79 Å². The van der Waals surface area contributed by atoms with E-state index in [2.05, 4.69) is 48.2 Å². The summed E-state index contributed by atoms with van der Waals surface area (Å²) in [5.74, 6) is 1.20. The molecule has 0 saturated carbocycles. The number of hydrogen-bond acceptors (Lipinski definition) is 10. The lowest BCUT2D eigenvalue weighted by Crippen LogP contribution is -2.36. The second-order valence-corrected chi connectivity index (χ2v) is 10.5. The highest BCUT2D eigenvalue weighted by molar-refractivity contribution is 7.98. The molecule has 11 nitrogen and oxygen atoms in total. The zero-order chi connectivity index (χ0) is 26.3. The maximum Gasteiger partial charge on any atom is 0.407 e. The Morgan fingerprint density at radius 3 is 2.57 bits per heavy atom. The minimum atomic E-state index is -0.500. The Hall–Kier alpha value is -3.25. The number of unbranched alkanes of at least 4 members (excludes halogenated alkanes) is 1. The van der Waals surface area contributed by atoms with E-state index in [0.29, 0.717) is 24.7 Å². The van der Waals surface area contributed by atoms with E-state index in [1.165, 1.54) is 5.69 Å². The summed E-state index contributed by atoms with van der Waals surface area (Å²) in [5, 5.41) is 18.6. The predicted octanol–water partition coefficient (Wildman–Crippen LogP) is 4.37. The van der Waals surface area contributed by atoms with Gasteiger partial charge < -0.3 is 30.3 Å². The van der Waals surface area contributed by atoms with Gasteiger partial charge in [0.25, 0.3) is 0 Å². The van der Waals surface area contributed by atoms with Gasteiger partial charge in [-0.05, 0) is 64.1 Å². The number of carbonyl (C=O) groups is 1. The molecule has 12 heteroatoms. The number of H-pyrrole nitrogens is 1. The van der Waals surface area contributed by atoms with E-state index in [0.717, 1.165) is 61.1 Å². The van der Waals surface area contributed by atoms with Gasteiger partial charge in [0.2, 0.25) is 5.95 Å². The minimum Gasteiger partial charge on any atom is -0.444 e. The fourth-order valence-electron chi connectivity index (χ4n) is 3.90. The molecule has 4 rings (SSSR count). The standard InChI is InChI=1S/C25H36N8O3S/c1-25(2,3)36-24(34)27-12-6-5-11-26-20-19-21(31-32-22(19)37-4)30-23(29-20)28-17-7-9-18(10-8-17)33-13-15-35-16-14-33/h7-10H,5-6,11-16H2,1-4H3,(H,27,34)(H3,26,28,29,30,31,32). The van der Waals surface area contributed by atoms with Crippen molar-refractivity contribution in [3.05, 3.63) is 24.3 Å². The highest BCUT2D eigenvalue weighted by Crippen LogP contribution is 2.30. The first-order valence-electron chi connectivity index (χ1n) is 12.5. The zero-order valence-electron chi connectivity index (χ0n) is 21.9. The molecular weight excluding hydrogens is 492 g/mol. The number of nitrogens with zero attached hydrogens (tertiary/aromatic N) is 4. The number of aromatic amines is 1. The van der Waals surface area contributed by atoms with Crippen molar-refractivity contribution >= 4 is 52.0 Å². The van der Waals surface area contributed by atoms with Crippen molar-refractivity contribution in [2.75, 3.05) is 61.2 Å². The van der Waals surface area contributed by atoms with Gasteiger partial charge in [0.05, 0.1) is 18.6 Å². The number of aromatic nitrogens is 4. The Balaban J connectivity index is 1.36. The molecule has 0 radical (unpaired) electrons. The van der Waals surface area contributed by atoms with Crippen LogP contribution in [0.4, 0.5) is 27.9 Å². The first kappa shape index (κ1) is 26.8. The number of fused-ring (bicyclic) bond motifs is 1. The molecule has 1 aromatic carbocycles. The topological polar surface area (TPSA) is 129 Å².